The van der Waals surface area contributed by atoms with Gasteiger partial charge in [0.15, 0.2) is 11.8 Å². The summed E-state index contributed by atoms with van der Waals surface area (Å²) in [5.41, 5.74) is 0.810. The number of nitrogens with zero attached hydrogens (tertiary/aromatic N) is 3. The largest absolute Gasteiger partial charge is 0.464 e. The van der Waals surface area contributed by atoms with Crippen LogP contribution in [0.25, 0.3) is 11.0 Å². The number of hydrogen-bond acceptors (Lipinski definition) is 4. The van der Waals surface area contributed by atoms with E-state index >= 15 is 0 Å². The summed E-state index contributed by atoms with van der Waals surface area (Å²) in [6.07, 6.45) is -5.67. The van der Waals surface area contributed by atoms with Crippen LogP contribution in [0, 0.1) is 13.8 Å². The van der Waals surface area contributed by atoms with Crippen LogP contribution in [0.4, 0.5) is 18.9 Å². The molecule has 0 radical (unpaired) electrons. The Morgan fingerprint density at radius 2 is 1.93 bits per heavy atom. The first-order valence-corrected chi connectivity index (χ1v) is 8.52. The van der Waals surface area contributed by atoms with Crippen molar-refractivity contribution in [1.29, 1.82) is 0 Å². The Kier molecular flexibility index (Phi) is 5.01. The Morgan fingerprint density at radius 1 is 1.25 bits per heavy atom. The molecule has 1 amide bonds. The molecule has 0 aliphatic heterocycles. The first kappa shape index (κ1) is 19.7. The molecule has 1 aromatic carbocycles. The van der Waals surface area contributed by atoms with Gasteiger partial charge in [0.1, 0.15) is 0 Å². The van der Waals surface area contributed by atoms with Gasteiger partial charge in [-0.25, -0.2) is 0 Å². The molecule has 148 valence electrons. The summed E-state index contributed by atoms with van der Waals surface area (Å²) in [7, 11) is 1.50. The third-order valence-corrected chi connectivity index (χ3v) is 4.32. The van der Waals surface area contributed by atoms with Gasteiger partial charge in [-0.1, -0.05) is 18.2 Å². The van der Waals surface area contributed by atoms with E-state index < -0.39 is 23.8 Å². The number of benzene rings is 1. The summed E-state index contributed by atoms with van der Waals surface area (Å²) in [5, 5.41) is 6.62. The standard InChI is InChI=1S/C19H19F3N4O2/c1-10-7-5-6-8-14(10)23-18(27)12(3)28-15-9-13(19(20,21)22)16-11(2)25-26(4)17(16)24-15/h5-9,12H,1-4H3,(H,23,27). The predicted octanol–water partition coefficient (Wildman–Crippen LogP) is 4.01. The van der Waals surface area contributed by atoms with Crippen LogP contribution >= 0.6 is 0 Å². The predicted molar refractivity (Wildman–Crippen MR) is 98.1 cm³/mol. The van der Waals surface area contributed by atoms with E-state index in [0.29, 0.717) is 5.69 Å². The molecule has 1 atom stereocenters. The van der Waals surface area contributed by atoms with Gasteiger partial charge < -0.3 is 10.1 Å². The number of aromatic nitrogens is 3. The summed E-state index contributed by atoms with van der Waals surface area (Å²) in [6.45, 7) is 4.76. The van der Waals surface area contributed by atoms with Crippen molar-refractivity contribution >= 4 is 22.6 Å². The van der Waals surface area contributed by atoms with Crippen molar-refractivity contribution in [3.05, 3.63) is 47.2 Å². The molecule has 0 saturated heterocycles. The van der Waals surface area contributed by atoms with Gasteiger partial charge in [0.2, 0.25) is 5.88 Å². The van der Waals surface area contributed by atoms with E-state index in [1.54, 1.807) is 12.1 Å². The molecule has 0 aliphatic carbocycles. The number of fused-ring (bicyclic) bond motifs is 1. The molecular formula is C19H19F3N4O2. The number of alkyl halides is 3. The summed E-state index contributed by atoms with van der Waals surface area (Å²) >= 11 is 0. The lowest BCUT2D eigenvalue weighted by molar-refractivity contribution is -0.136. The molecule has 2 heterocycles. The topological polar surface area (TPSA) is 69.0 Å². The average molecular weight is 392 g/mol. The number of ether oxygens (including phenoxy) is 1. The van der Waals surface area contributed by atoms with Crippen LogP contribution in [0.1, 0.15) is 23.7 Å². The molecule has 3 rings (SSSR count). The minimum atomic E-state index is -4.61. The van der Waals surface area contributed by atoms with Gasteiger partial charge in [0, 0.05) is 18.8 Å². The number of nitrogens with one attached hydrogen (secondary N) is 1. The maximum atomic E-state index is 13.5. The van der Waals surface area contributed by atoms with Gasteiger partial charge in [-0.05, 0) is 32.4 Å². The van der Waals surface area contributed by atoms with Crippen molar-refractivity contribution < 1.29 is 22.7 Å². The quantitative estimate of drug-likeness (QED) is 0.728. The van der Waals surface area contributed by atoms with Crippen molar-refractivity contribution in [2.45, 2.75) is 33.1 Å². The van der Waals surface area contributed by atoms with Gasteiger partial charge in [0.05, 0.1) is 16.6 Å². The highest BCUT2D eigenvalue weighted by atomic mass is 19.4. The minimum absolute atomic E-state index is 0.0360. The normalized spacial score (nSPS) is 12.8. The number of halogens is 3. The van der Waals surface area contributed by atoms with Crippen LogP contribution in [-0.2, 0) is 18.0 Å². The number of amides is 1. The second-order valence-corrected chi connectivity index (χ2v) is 6.48. The fraction of sp³-hybridized carbons (Fsp3) is 0.316. The number of pyridine rings is 1. The van der Waals surface area contributed by atoms with Crippen LogP contribution < -0.4 is 10.1 Å². The molecule has 6 nitrogen and oxygen atoms in total. The smallest absolute Gasteiger partial charge is 0.417 e. The zero-order chi connectivity index (χ0) is 20.6. The number of hydrogen-bond donors (Lipinski definition) is 1. The molecule has 28 heavy (non-hydrogen) atoms. The second kappa shape index (κ2) is 7.14. The Bertz CT molecular complexity index is 1040. The maximum Gasteiger partial charge on any atom is 0.417 e. The van der Waals surface area contributed by atoms with Crippen LogP contribution in [0.5, 0.6) is 5.88 Å². The molecule has 9 heteroatoms. The van der Waals surface area contributed by atoms with Gasteiger partial charge in [-0.15, -0.1) is 0 Å². The molecule has 0 fully saturated rings. The lowest BCUT2D eigenvalue weighted by Crippen LogP contribution is -2.30. The fourth-order valence-corrected chi connectivity index (χ4v) is 2.89. The van der Waals surface area contributed by atoms with E-state index in [0.717, 1.165) is 11.6 Å². The third-order valence-electron chi connectivity index (χ3n) is 4.32. The number of carbonyl (C=O) groups is 1. The van der Waals surface area contributed by atoms with Gasteiger partial charge >= 0.3 is 6.18 Å². The maximum absolute atomic E-state index is 13.5. The van der Waals surface area contributed by atoms with E-state index in [4.69, 9.17) is 4.74 Å². The van der Waals surface area contributed by atoms with Gasteiger partial charge in [0.25, 0.3) is 5.91 Å². The summed E-state index contributed by atoms with van der Waals surface area (Å²) < 4.78 is 47.2. The van der Waals surface area contributed by atoms with Gasteiger partial charge in [-0.3, -0.25) is 9.48 Å². The first-order valence-electron chi connectivity index (χ1n) is 8.52. The molecule has 0 saturated carbocycles. The number of para-hydroxylation sites is 1. The Morgan fingerprint density at radius 3 is 2.57 bits per heavy atom. The summed E-state index contributed by atoms with van der Waals surface area (Å²) in [5.74, 6) is -0.791. The van der Waals surface area contributed by atoms with Crippen molar-refractivity contribution in [2.24, 2.45) is 7.05 Å². The molecule has 0 bridgehead atoms. The fourth-order valence-electron chi connectivity index (χ4n) is 2.89. The zero-order valence-corrected chi connectivity index (χ0v) is 15.8. The van der Waals surface area contributed by atoms with E-state index in [1.165, 1.54) is 25.6 Å². The van der Waals surface area contributed by atoms with E-state index in [-0.39, 0.29) is 22.6 Å². The lowest BCUT2D eigenvalue weighted by atomic mass is 10.1. The van der Waals surface area contributed by atoms with Gasteiger partial charge in [-0.2, -0.15) is 23.3 Å². The molecule has 0 aliphatic rings. The highest BCUT2D eigenvalue weighted by molar-refractivity contribution is 5.94. The molecule has 3 aromatic rings. The lowest BCUT2D eigenvalue weighted by Gasteiger charge is -2.16. The van der Waals surface area contributed by atoms with Crippen molar-refractivity contribution in [2.75, 3.05) is 5.32 Å². The number of anilines is 1. The number of carbonyl (C=O) groups excluding carboxylic acids is 1. The SMILES string of the molecule is Cc1ccccc1NC(=O)C(C)Oc1cc(C(F)(F)F)c2c(C)nn(C)c2n1. The van der Waals surface area contributed by atoms with Crippen LogP contribution in [0.2, 0.25) is 0 Å². The van der Waals surface area contributed by atoms with Crippen molar-refractivity contribution in [1.82, 2.24) is 14.8 Å². The summed E-state index contributed by atoms with van der Waals surface area (Å²) in [4.78, 5) is 16.5. The first-order chi connectivity index (χ1) is 13.1. The zero-order valence-electron chi connectivity index (χ0n) is 15.8. The average Bonchev–Trinajstić information content (AvgIpc) is 2.89. The van der Waals surface area contributed by atoms with Crippen LogP contribution in [0.3, 0.4) is 0 Å². The Hall–Kier alpha value is -3.10. The highest BCUT2D eigenvalue weighted by Gasteiger charge is 2.36. The monoisotopic (exact) mass is 392 g/mol. The molecule has 2 aromatic heterocycles. The molecular weight excluding hydrogens is 373 g/mol. The third kappa shape index (κ3) is 3.78. The molecule has 1 unspecified atom stereocenters. The van der Waals surface area contributed by atoms with E-state index in [9.17, 15) is 18.0 Å². The number of aryl methyl sites for hydroxylation is 3. The Balaban J connectivity index is 1.90. The van der Waals surface area contributed by atoms with E-state index in [2.05, 4.69) is 15.4 Å². The van der Waals surface area contributed by atoms with Crippen molar-refractivity contribution in [3.8, 4) is 5.88 Å². The van der Waals surface area contributed by atoms with Crippen LogP contribution in [0.15, 0.2) is 30.3 Å². The molecule has 0 spiro atoms. The Labute approximate surface area is 159 Å². The summed E-state index contributed by atoms with van der Waals surface area (Å²) in [6, 6.07) is 7.96. The van der Waals surface area contributed by atoms with E-state index in [1.807, 2.05) is 19.1 Å². The number of rotatable bonds is 4. The van der Waals surface area contributed by atoms with Crippen LogP contribution in [-0.4, -0.2) is 26.8 Å². The van der Waals surface area contributed by atoms with Crippen molar-refractivity contribution in [3.63, 3.8) is 0 Å². The molecule has 1 N–H and O–H groups in total. The second-order valence-electron chi connectivity index (χ2n) is 6.48. The highest BCUT2D eigenvalue weighted by Crippen LogP contribution is 2.37. The minimum Gasteiger partial charge on any atom is -0.464 e.